The molecule has 0 bridgehead atoms. The summed E-state index contributed by atoms with van der Waals surface area (Å²) in [7, 11) is 0. The Morgan fingerprint density at radius 1 is 1.05 bits per heavy atom. The molecule has 1 aromatic heterocycles. The number of benzene rings is 2. The van der Waals surface area contributed by atoms with Gasteiger partial charge in [-0.25, -0.2) is 0 Å². The van der Waals surface area contributed by atoms with Crippen molar-refractivity contribution < 1.29 is 4.79 Å². The molecular weight excluding hydrogens is 316 g/mol. The SMILES string of the molecule is O=C(Nc1ccncc1Br)c1ccc2ccccc2c1. The van der Waals surface area contributed by atoms with Crippen LogP contribution >= 0.6 is 15.9 Å². The van der Waals surface area contributed by atoms with Gasteiger partial charge in [-0.05, 0) is 44.9 Å². The van der Waals surface area contributed by atoms with Gasteiger partial charge in [-0.1, -0.05) is 30.3 Å². The fourth-order valence-electron chi connectivity index (χ4n) is 2.00. The number of carbonyl (C=O) groups is 1. The molecule has 0 fully saturated rings. The van der Waals surface area contributed by atoms with E-state index >= 15 is 0 Å². The van der Waals surface area contributed by atoms with Crippen molar-refractivity contribution in [2.24, 2.45) is 0 Å². The molecule has 1 heterocycles. The highest BCUT2D eigenvalue weighted by molar-refractivity contribution is 9.10. The molecule has 3 aromatic rings. The molecule has 1 amide bonds. The minimum absolute atomic E-state index is 0.136. The maximum absolute atomic E-state index is 12.3. The van der Waals surface area contributed by atoms with Crippen LogP contribution in [-0.4, -0.2) is 10.9 Å². The first-order chi connectivity index (χ1) is 9.74. The Bertz CT molecular complexity index is 786. The number of hydrogen-bond donors (Lipinski definition) is 1. The van der Waals surface area contributed by atoms with E-state index in [2.05, 4.69) is 26.2 Å². The normalized spacial score (nSPS) is 10.4. The lowest BCUT2D eigenvalue weighted by Gasteiger charge is -2.07. The van der Waals surface area contributed by atoms with Crippen LogP contribution in [0.2, 0.25) is 0 Å². The summed E-state index contributed by atoms with van der Waals surface area (Å²) in [5, 5.41) is 5.03. The molecule has 0 spiro atoms. The van der Waals surface area contributed by atoms with Gasteiger partial charge in [0, 0.05) is 18.0 Å². The number of amides is 1. The summed E-state index contributed by atoms with van der Waals surface area (Å²) in [5.41, 5.74) is 1.34. The molecular formula is C16H11BrN2O. The third-order valence-electron chi connectivity index (χ3n) is 3.03. The van der Waals surface area contributed by atoms with Gasteiger partial charge >= 0.3 is 0 Å². The highest BCUT2D eigenvalue weighted by Crippen LogP contribution is 2.21. The second-order valence-corrected chi connectivity index (χ2v) is 5.23. The molecule has 2 aromatic carbocycles. The number of hydrogen-bond acceptors (Lipinski definition) is 2. The summed E-state index contributed by atoms with van der Waals surface area (Å²) in [6, 6.07) is 15.4. The summed E-state index contributed by atoms with van der Waals surface area (Å²) in [6.45, 7) is 0. The number of fused-ring (bicyclic) bond motifs is 1. The number of rotatable bonds is 2. The van der Waals surface area contributed by atoms with Gasteiger partial charge in [0.1, 0.15) is 0 Å². The average Bonchev–Trinajstić information content (AvgIpc) is 2.49. The largest absolute Gasteiger partial charge is 0.321 e. The molecule has 0 saturated carbocycles. The second-order valence-electron chi connectivity index (χ2n) is 4.37. The van der Waals surface area contributed by atoms with Crippen LogP contribution in [0.25, 0.3) is 10.8 Å². The molecule has 0 aliphatic carbocycles. The Balaban J connectivity index is 1.91. The van der Waals surface area contributed by atoms with E-state index in [1.807, 2.05) is 42.5 Å². The van der Waals surface area contributed by atoms with Gasteiger partial charge in [0.05, 0.1) is 10.2 Å². The fraction of sp³-hybridized carbons (Fsp3) is 0. The Hall–Kier alpha value is -2.20. The average molecular weight is 327 g/mol. The van der Waals surface area contributed by atoms with E-state index in [1.165, 1.54) is 0 Å². The Kier molecular flexibility index (Phi) is 3.48. The second kappa shape index (κ2) is 5.43. The summed E-state index contributed by atoms with van der Waals surface area (Å²) in [6.07, 6.45) is 3.29. The van der Waals surface area contributed by atoms with Crippen LogP contribution in [0.15, 0.2) is 65.4 Å². The zero-order valence-corrected chi connectivity index (χ0v) is 12.1. The van der Waals surface area contributed by atoms with E-state index in [0.717, 1.165) is 15.2 Å². The van der Waals surface area contributed by atoms with Crippen molar-refractivity contribution in [1.29, 1.82) is 0 Å². The van der Waals surface area contributed by atoms with Crippen LogP contribution in [0.1, 0.15) is 10.4 Å². The first kappa shape index (κ1) is 12.8. The van der Waals surface area contributed by atoms with E-state index in [-0.39, 0.29) is 5.91 Å². The van der Waals surface area contributed by atoms with E-state index in [4.69, 9.17) is 0 Å². The van der Waals surface area contributed by atoms with Crippen molar-refractivity contribution in [3.8, 4) is 0 Å². The van der Waals surface area contributed by atoms with Gasteiger partial charge in [0.15, 0.2) is 0 Å². The van der Waals surface area contributed by atoms with Crippen molar-refractivity contribution in [2.75, 3.05) is 5.32 Å². The van der Waals surface area contributed by atoms with E-state index < -0.39 is 0 Å². The third-order valence-corrected chi connectivity index (χ3v) is 3.66. The Morgan fingerprint density at radius 2 is 1.85 bits per heavy atom. The van der Waals surface area contributed by atoms with Crippen LogP contribution in [0, 0.1) is 0 Å². The monoisotopic (exact) mass is 326 g/mol. The molecule has 0 aliphatic rings. The number of nitrogens with zero attached hydrogens (tertiary/aromatic N) is 1. The predicted molar refractivity (Wildman–Crippen MR) is 83.8 cm³/mol. The highest BCUT2D eigenvalue weighted by atomic mass is 79.9. The molecule has 3 rings (SSSR count). The van der Waals surface area contributed by atoms with E-state index in [0.29, 0.717) is 11.3 Å². The molecule has 98 valence electrons. The van der Waals surface area contributed by atoms with Gasteiger partial charge in [-0.3, -0.25) is 9.78 Å². The van der Waals surface area contributed by atoms with Gasteiger partial charge in [-0.15, -0.1) is 0 Å². The van der Waals surface area contributed by atoms with Crippen LogP contribution in [0.3, 0.4) is 0 Å². The van der Waals surface area contributed by atoms with Crippen molar-refractivity contribution in [3.05, 3.63) is 71.0 Å². The molecule has 4 heteroatoms. The summed E-state index contributed by atoms with van der Waals surface area (Å²) in [5.74, 6) is -0.136. The lowest BCUT2D eigenvalue weighted by Crippen LogP contribution is -2.12. The number of carbonyl (C=O) groups excluding carboxylic acids is 1. The first-order valence-electron chi connectivity index (χ1n) is 6.14. The zero-order valence-electron chi connectivity index (χ0n) is 10.5. The van der Waals surface area contributed by atoms with Gasteiger partial charge in [0.25, 0.3) is 5.91 Å². The first-order valence-corrected chi connectivity index (χ1v) is 6.93. The van der Waals surface area contributed by atoms with Crippen molar-refractivity contribution in [3.63, 3.8) is 0 Å². The minimum Gasteiger partial charge on any atom is -0.321 e. The van der Waals surface area contributed by atoms with E-state index in [1.54, 1.807) is 18.5 Å². The lowest BCUT2D eigenvalue weighted by atomic mass is 10.1. The lowest BCUT2D eigenvalue weighted by molar-refractivity contribution is 0.102. The van der Waals surface area contributed by atoms with Gasteiger partial charge in [0.2, 0.25) is 0 Å². The molecule has 0 radical (unpaired) electrons. The van der Waals surface area contributed by atoms with Gasteiger partial charge in [-0.2, -0.15) is 0 Å². The molecule has 0 unspecified atom stereocenters. The summed E-state index contributed by atoms with van der Waals surface area (Å²) >= 11 is 3.36. The number of anilines is 1. The van der Waals surface area contributed by atoms with Crippen molar-refractivity contribution in [2.45, 2.75) is 0 Å². The number of aromatic nitrogens is 1. The summed E-state index contributed by atoms with van der Waals surface area (Å²) < 4.78 is 0.758. The third kappa shape index (κ3) is 2.56. The molecule has 0 saturated heterocycles. The van der Waals surface area contributed by atoms with Crippen LogP contribution in [0.4, 0.5) is 5.69 Å². The number of nitrogens with one attached hydrogen (secondary N) is 1. The zero-order chi connectivity index (χ0) is 13.9. The highest BCUT2D eigenvalue weighted by Gasteiger charge is 2.08. The van der Waals surface area contributed by atoms with E-state index in [9.17, 15) is 4.79 Å². The quantitative estimate of drug-likeness (QED) is 0.764. The summed E-state index contributed by atoms with van der Waals surface area (Å²) in [4.78, 5) is 16.2. The number of halogens is 1. The number of pyridine rings is 1. The standard InChI is InChI=1S/C16H11BrN2O/c17-14-10-18-8-7-15(14)19-16(20)13-6-5-11-3-1-2-4-12(11)9-13/h1-10H,(H,18,19,20). The molecule has 1 N–H and O–H groups in total. The van der Waals surface area contributed by atoms with Crippen LogP contribution in [0.5, 0.6) is 0 Å². The minimum atomic E-state index is -0.136. The topological polar surface area (TPSA) is 42.0 Å². The maximum atomic E-state index is 12.3. The van der Waals surface area contributed by atoms with Crippen LogP contribution in [-0.2, 0) is 0 Å². The molecule has 0 atom stereocenters. The smallest absolute Gasteiger partial charge is 0.255 e. The molecule has 3 nitrogen and oxygen atoms in total. The molecule has 0 aliphatic heterocycles. The Morgan fingerprint density at radius 3 is 2.65 bits per heavy atom. The molecule has 20 heavy (non-hydrogen) atoms. The maximum Gasteiger partial charge on any atom is 0.255 e. The predicted octanol–water partition coefficient (Wildman–Crippen LogP) is 4.25. The Labute approximate surface area is 124 Å². The van der Waals surface area contributed by atoms with Crippen molar-refractivity contribution >= 4 is 38.3 Å². The van der Waals surface area contributed by atoms with Crippen molar-refractivity contribution in [1.82, 2.24) is 4.98 Å². The van der Waals surface area contributed by atoms with Gasteiger partial charge < -0.3 is 5.32 Å². The fourth-order valence-corrected chi connectivity index (χ4v) is 2.35. The van der Waals surface area contributed by atoms with Crippen LogP contribution < -0.4 is 5.32 Å².